The van der Waals surface area contributed by atoms with Crippen molar-refractivity contribution in [2.75, 3.05) is 42.1 Å². The molecule has 3 aromatic rings. The maximum atomic E-state index is 12.7. The van der Waals surface area contributed by atoms with E-state index in [1.54, 1.807) is 18.2 Å². The summed E-state index contributed by atoms with van der Waals surface area (Å²) in [5.41, 5.74) is 1.32. The van der Waals surface area contributed by atoms with E-state index >= 15 is 0 Å². The molecule has 0 saturated heterocycles. The molecule has 2 heterocycles. The van der Waals surface area contributed by atoms with Crippen molar-refractivity contribution in [1.82, 2.24) is 28.4 Å². The van der Waals surface area contributed by atoms with Crippen LogP contribution >= 0.6 is 11.7 Å². The molecule has 1 fully saturated rings. The molecule has 1 aliphatic rings. The molecule has 0 radical (unpaired) electrons. The fraction of sp³-hybridized carbons (Fsp3) is 0.571. The molecule has 11 nitrogen and oxygen atoms in total. The van der Waals surface area contributed by atoms with Crippen LogP contribution in [0.4, 0.5) is 17.8 Å². The van der Waals surface area contributed by atoms with E-state index in [0.29, 0.717) is 47.3 Å². The molecule has 1 aliphatic carbocycles. The molecule has 0 aliphatic heterocycles. The Kier molecular flexibility index (Phi) is 8.06. The first kappa shape index (κ1) is 24.5. The van der Waals surface area contributed by atoms with E-state index in [-0.39, 0.29) is 4.90 Å². The molecular formula is C21H31N9O2S2. The number of nitrogens with one attached hydrogen (secondary N) is 4. The van der Waals surface area contributed by atoms with Gasteiger partial charge in [-0.15, -0.1) is 0 Å². The minimum atomic E-state index is -3.57. The van der Waals surface area contributed by atoms with Crippen molar-refractivity contribution in [3.63, 3.8) is 0 Å². The van der Waals surface area contributed by atoms with E-state index < -0.39 is 10.0 Å². The standard InChI is InChI=1S/C21H31N9O2S2/c1-3-22-19-26-20(23-4-2)28-21(27-19)24-12-14-5-7-15(8-6-14)13-25-34(31,32)16-9-10-17-18(11-16)30-33-29-17/h9-11,14-15,25H,3-8,12-13H2,1-2H3,(H3,22,23,24,26,27,28). The zero-order valence-corrected chi connectivity index (χ0v) is 21.0. The smallest absolute Gasteiger partial charge is 0.240 e. The molecule has 13 heteroatoms. The lowest BCUT2D eigenvalue weighted by Crippen LogP contribution is -2.32. The van der Waals surface area contributed by atoms with Crippen molar-refractivity contribution in [2.45, 2.75) is 44.4 Å². The van der Waals surface area contributed by atoms with Crippen molar-refractivity contribution in [3.8, 4) is 0 Å². The number of aromatic nitrogens is 5. The fourth-order valence-corrected chi connectivity index (χ4v) is 5.70. The lowest BCUT2D eigenvalue weighted by molar-refractivity contribution is 0.284. The Labute approximate surface area is 204 Å². The van der Waals surface area contributed by atoms with Gasteiger partial charge in [-0.25, -0.2) is 13.1 Å². The number of hydrogen-bond acceptors (Lipinski definition) is 11. The summed E-state index contributed by atoms with van der Waals surface area (Å²) in [5.74, 6) is 2.49. The van der Waals surface area contributed by atoms with E-state index in [9.17, 15) is 8.42 Å². The van der Waals surface area contributed by atoms with Crippen molar-refractivity contribution in [2.24, 2.45) is 11.8 Å². The zero-order chi connectivity index (χ0) is 24.0. The first-order valence-corrected chi connectivity index (χ1v) is 13.9. The first-order chi connectivity index (χ1) is 16.5. The average molecular weight is 506 g/mol. The van der Waals surface area contributed by atoms with Gasteiger partial charge in [0, 0.05) is 26.2 Å². The van der Waals surface area contributed by atoms with Gasteiger partial charge in [-0.3, -0.25) is 0 Å². The van der Waals surface area contributed by atoms with Crippen LogP contribution in [0, 0.1) is 11.8 Å². The highest BCUT2D eigenvalue weighted by Gasteiger charge is 2.24. The fourth-order valence-electron chi connectivity index (χ4n) is 4.04. The van der Waals surface area contributed by atoms with E-state index in [2.05, 4.69) is 44.4 Å². The minimum absolute atomic E-state index is 0.233. The Morgan fingerprint density at radius 1 is 0.824 bits per heavy atom. The van der Waals surface area contributed by atoms with Gasteiger partial charge >= 0.3 is 0 Å². The van der Waals surface area contributed by atoms with Crippen LogP contribution in [0.5, 0.6) is 0 Å². The second-order valence-corrected chi connectivity index (χ2v) is 10.7. The second-order valence-electron chi connectivity index (χ2n) is 8.40. The molecule has 4 rings (SSSR count). The molecule has 0 atom stereocenters. The summed E-state index contributed by atoms with van der Waals surface area (Å²) in [4.78, 5) is 13.5. The van der Waals surface area contributed by atoms with Gasteiger partial charge in [0.25, 0.3) is 0 Å². The van der Waals surface area contributed by atoms with Crippen molar-refractivity contribution in [3.05, 3.63) is 18.2 Å². The van der Waals surface area contributed by atoms with Gasteiger partial charge in [0.1, 0.15) is 11.0 Å². The molecule has 2 aromatic heterocycles. The molecule has 0 bridgehead atoms. The third kappa shape index (κ3) is 6.27. The highest BCUT2D eigenvalue weighted by molar-refractivity contribution is 7.89. The maximum Gasteiger partial charge on any atom is 0.240 e. The topological polar surface area (TPSA) is 147 Å². The Morgan fingerprint density at radius 2 is 1.38 bits per heavy atom. The number of hydrogen-bond donors (Lipinski definition) is 4. The van der Waals surface area contributed by atoms with Gasteiger partial charge < -0.3 is 16.0 Å². The number of nitrogens with zero attached hydrogens (tertiary/aromatic N) is 5. The van der Waals surface area contributed by atoms with Gasteiger partial charge in [0.2, 0.25) is 27.9 Å². The highest BCUT2D eigenvalue weighted by atomic mass is 32.2. The van der Waals surface area contributed by atoms with Crippen LogP contribution in [0.3, 0.4) is 0 Å². The van der Waals surface area contributed by atoms with Crippen LogP contribution < -0.4 is 20.7 Å². The molecule has 184 valence electrons. The summed E-state index contributed by atoms with van der Waals surface area (Å²) in [6.07, 6.45) is 4.01. The monoisotopic (exact) mass is 505 g/mol. The maximum absolute atomic E-state index is 12.7. The highest BCUT2D eigenvalue weighted by Crippen LogP contribution is 2.29. The van der Waals surface area contributed by atoms with Gasteiger partial charge in [-0.1, -0.05) is 0 Å². The van der Waals surface area contributed by atoms with Crippen LogP contribution in [-0.4, -0.2) is 58.3 Å². The first-order valence-electron chi connectivity index (χ1n) is 11.7. The Bertz CT molecular complexity index is 1170. The van der Waals surface area contributed by atoms with E-state index in [4.69, 9.17) is 0 Å². The lowest BCUT2D eigenvalue weighted by atomic mass is 9.82. The van der Waals surface area contributed by atoms with Crippen molar-refractivity contribution in [1.29, 1.82) is 0 Å². The predicted octanol–water partition coefficient (Wildman–Crippen LogP) is 2.94. The van der Waals surface area contributed by atoms with Crippen LogP contribution in [0.15, 0.2) is 23.1 Å². The summed E-state index contributed by atoms with van der Waals surface area (Å²) >= 11 is 1.08. The van der Waals surface area contributed by atoms with E-state index in [1.807, 2.05) is 13.8 Å². The summed E-state index contributed by atoms with van der Waals surface area (Å²) in [5, 5.41) is 9.62. The largest absolute Gasteiger partial charge is 0.354 e. The molecule has 1 aromatic carbocycles. The van der Waals surface area contributed by atoms with Gasteiger partial charge in [0.05, 0.1) is 16.6 Å². The van der Waals surface area contributed by atoms with Gasteiger partial charge in [0.15, 0.2) is 0 Å². The Hall–Kier alpha value is -2.64. The molecule has 4 N–H and O–H groups in total. The zero-order valence-electron chi connectivity index (χ0n) is 19.4. The van der Waals surface area contributed by atoms with Gasteiger partial charge in [-0.2, -0.15) is 23.7 Å². The average Bonchev–Trinajstić information content (AvgIpc) is 3.31. The second kappa shape index (κ2) is 11.2. The molecule has 1 saturated carbocycles. The predicted molar refractivity (Wildman–Crippen MR) is 135 cm³/mol. The molecular weight excluding hydrogens is 474 g/mol. The summed E-state index contributed by atoms with van der Waals surface area (Å²) in [6.45, 7) is 6.69. The third-order valence-electron chi connectivity index (χ3n) is 5.92. The van der Waals surface area contributed by atoms with Crippen LogP contribution in [0.1, 0.15) is 39.5 Å². The molecule has 0 unspecified atom stereocenters. The lowest BCUT2D eigenvalue weighted by Gasteiger charge is -2.28. The SMILES string of the molecule is CCNc1nc(NCC)nc(NCC2CCC(CNS(=O)(=O)c3ccc4nsnc4c3)CC2)n1. The normalized spacial score (nSPS) is 18.6. The summed E-state index contributed by atoms with van der Waals surface area (Å²) in [6, 6.07) is 4.85. The van der Waals surface area contributed by atoms with Crippen LogP contribution in [0.25, 0.3) is 11.0 Å². The third-order valence-corrected chi connectivity index (χ3v) is 7.90. The van der Waals surface area contributed by atoms with Crippen LogP contribution in [0.2, 0.25) is 0 Å². The van der Waals surface area contributed by atoms with Gasteiger partial charge in [-0.05, 0) is 69.6 Å². The summed E-state index contributed by atoms with van der Waals surface area (Å²) in [7, 11) is -3.57. The molecule has 0 spiro atoms. The van der Waals surface area contributed by atoms with E-state index in [0.717, 1.165) is 57.0 Å². The number of anilines is 3. The van der Waals surface area contributed by atoms with Crippen molar-refractivity contribution < 1.29 is 8.42 Å². The summed E-state index contributed by atoms with van der Waals surface area (Å²) < 4.78 is 36.5. The molecule has 34 heavy (non-hydrogen) atoms. The van der Waals surface area contributed by atoms with Crippen molar-refractivity contribution >= 4 is 50.6 Å². The number of rotatable bonds is 11. The minimum Gasteiger partial charge on any atom is -0.354 e. The Morgan fingerprint density at radius 3 is 2.00 bits per heavy atom. The Balaban J connectivity index is 1.25. The molecule has 0 amide bonds. The number of benzene rings is 1. The van der Waals surface area contributed by atoms with E-state index in [1.165, 1.54) is 0 Å². The quantitative estimate of drug-likeness (QED) is 0.307. The number of sulfonamides is 1. The number of fused-ring (bicyclic) bond motifs is 1. The van der Waals surface area contributed by atoms with Crippen LogP contribution in [-0.2, 0) is 10.0 Å².